The minimum atomic E-state index is 0.362. The average molecular weight is 295 g/mol. The quantitative estimate of drug-likeness (QED) is 0.829. The molecule has 3 saturated heterocycles. The topological polar surface area (TPSA) is 44.8 Å². The Bertz CT molecular complexity index is 338. The van der Waals surface area contributed by atoms with E-state index in [4.69, 9.17) is 4.74 Å². The van der Waals surface area contributed by atoms with Crippen molar-refractivity contribution < 1.29 is 9.53 Å². The van der Waals surface area contributed by atoms with E-state index in [1.54, 1.807) is 0 Å². The summed E-state index contributed by atoms with van der Waals surface area (Å²) in [6.07, 6.45) is 5.51. The highest BCUT2D eigenvalue weighted by atomic mass is 16.5. The van der Waals surface area contributed by atoms with E-state index in [0.717, 1.165) is 58.9 Å². The van der Waals surface area contributed by atoms with Crippen molar-refractivity contribution in [1.29, 1.82) is 0 Å². The van der Waals surface area contributed by atoms with Crippen LogP contribution in [0.4, 0.5) is 0 Å². The van der Waals surface area contributed by atoms with E-state index in [1.807, 2.05) is 0 Å². The Labute approximate surface area is 128 Å². The van der Waals surface area contributed by atoms with Gasteiger partial charge in [0, 0.05) is 45.2 Å². The number of rotatable bonds is 4. The molecule has 0 spiro atoms. The van der Waals surface area contributed by atoms with Crippen molar-refractivity contribution in [3.8, 4) is 0 Å². The molecule has 5 heteroatoms. The zero-order valence-electron chi connectivity index (χ0n) is 13.1. The predicted octanol–water partition coefficient (Wildman–Crippen LogP) is 0.699. The van der Waals surface area contributed by atoms with E-state index < -0.39 is 0 Å². The number of amides is 1. The van der Waals surface area contributed by atoms with Crippen LogP contribution in [-0.4, -0.2) is 74.2 Å². The second kappa shape index (κ2) is 7.56. The van der Waals surface area contributed by atoms with Crippen molar-refractivity contribution in [2.45, 2.75) is 38.1 Å². The van der Waals surface area contributed by atoms with Crippen LogP contribution in [0.5, 0.6) is 0 Å². The van der Waals surface area contributed by atoms with Gasteiger partial charge in [0.25, 0.3) is 0 Å². The first kappa shape index (κ1) is 15.3. The lowest BCUT2D eigenvalue weighted by atomic mass is 9.96. The second-order valence-corrected chi connectivity index (χ2v) is 6.76. The Morgan fingerprint density at radius 3 is 2.76 bits per heavy atom. The minimum Gasteiger partial charge on any atom is -0.379 e. The van der Waals surface area contributed by atoms with Crippen molar-refractivity contribution in [2.24, 2.45) is 5.92 Å². The lowest BCUT2D eigenvalue weighted by Crippen LogP contribution is -2.47. The van der Waals surface area contributed by atoms with Crippen molar-refractivity contribution in [3.05, 3.63) is 0 Å². The number of morpholine rings is 1. The van der Waals surface area contributed by atoms with E-state index in [-0.39, 0.29) is 0 Å². The van der Waals surface area contributed by atoms with Crippen molar-refractivity contribution in [2.75, 3.05) is 52.5 Å². The first-order chi connectivity index (χ1) is 10.3. The number of ether oxygens (including phenoxy) is 1. The third-order valence-corrected chi connectivity index (χ3v) is 5.08. The molecule has 0 aromatic heterocycles. The summed E-state index contributed by atoms with van der Waals surface area (Å²) in [5.74, 6) is 1.01. The summed E-state index contributed by atoms with van der Waals surface area (Å²) in [6.45, 7) is 7.97. The monoisotopic (exact) mass is 295 g/mol. The number of nitrogens with zero attached hydrogens (tertiary/aromatic N) is 2. The van der Waals surface area contributed by atoms with E-state index in [1.165, 1.54) is 19.3 Å². The molecular formula is C16H29N3O2. The molecule has 2 unspecified atom stereocenters. The van der Waals surface area contributed by atoms with Crippen LogP contribution < -0.4 is 5.32 Å². The van der Waals surface area contributed by atoms with Gasteiger partial charge in [-0.3, -0.25) is 9.69 Å². The summed E-state index contributed by atoms with van der Waals surface area (Å²) in [5, 5.41) is 3.43. The van der Waals surface area contributed by atoms with Crippen LogP contribution in [0.15, 0.2) is 0 Å². The number of carbonyl (C=O) groups is 1. The molecule has 0 aliphatic carbocycles. The SMILES string of the molecule is O=C(CC1CCCN1)N1CCCC(CN2CCOCC2)C1. The molecule has 3 heterocycles. The molecule has 0 aromatic carbocycles. The average Bonchev–Trinajstić information content (AvgIpc) is 3.01. The summed E-state index contributed by atoms with van der Waals surface area (Å²) in [5.41, 5.74) is 0. The van der Waals surface area contributed by atoms with E-state index in [0.29, 0.717) is 24.3 Å². The fourth-order valence-corrected chi connectivity index (χ4v) is 3.86. The molecule has 0 bridgehead atoms. The number of hydrogen-bond acceptors (Lipinski definition) is 4. The van der Waals surface area contributed by atoms with Crippen molar-refractivity contribution in [1.82, 2.24) is 15.1 Å². The highest BCUT2D eigenvalue weighted by Gasteiger charge is 2.27. The lowest BCUT2D eigenvalue weighted by molar-refractivity contribution is -0.133. The van der Waals surface area contributed by atoms with Crippen LogP contribution in [0.3, 0.4) is 0 Å². The van der Waals surface area contributed by atoms with Crippen LogP contribution in [0.1, 0.15) is 32.1 Å². The van der Waals surface area contributed by atoms with Gasteiger partial charge in [-0.1, -0.05) is 0 Å². The van der Waals surface area contributed by atoms with Gasteiger partial charge in [0.15, 0.2) is 0 Å². The summed E-state index contributed by atoms with van der Waals surface area (Å²) >= 11 is 0. The zero-order chi connectivity index (χ0) is 14.5. The van der Waals surface area contributed by atoms with Crippen LogP contribution in [0.25, 0.3) is 0 Å². The Hall–Kier alpha value is -0.650. The van der Waals surface area contributed by atoms with Gasteiger partial charge in [-0.15, -0.1) is 0 Å². The summed E-state index contributed by atoms with van der Waals surface area (Å²) in [4.78, 5) is 17.1. The standard InChI is InChI=1S/C16H29N3O2/c20-16(11-15-4-1-5-17-15)19-6-2-3-14(13-19)12-18-7-9-21-10-8-18/h14-15,17H,1-13H2. The summed E-state index contributed by atoms with van der Waals surface area (Å²) in [6, 6.07) is 0.428. The molecular weight excluding hydrogens is 266 g/mol. The molecule has 120 valence electrons. The molecule has 3 fully saturated rings. The fraction of sp³-hybridized carbons (Fsp3) is 0.938. The zero-order valence-corrected chi connectivity index (χ0v) is 13.1. The smallest absolute Gasteiger partial charge is 0.224 e. The first-order valence-electron chi connectivity index (χ1n) is 8.62. The molecule has 3 aliphatic heterocycles. The number of carbonyl (C=O) groups excluding carboxylic acids is 1. The Morgan fingerprint density at radius 2 is 2.00 bits per heavy atom. The molecule has 3 rings (SSSR count). The first-order valence-corrected chi connectivity index (χ1v) is 8.62. The highest BCUT2D eigenvalue weighted by molar-refractivity contribution is 5.77. The van der Waals surface area contributed by atoms with E-state index in [2.05, 4.69) is 15.1 Å². The normalized spacial score (nSPS) is 31.5. The van der Waals surface area contributed by atoms with Crippen molar-refractivity contribution >= 4 is 5.91 Å². The molecule has 2 atom stereocenters. The Balaban J connectivity index is 1.44. The van der Waals surface area contributed by atoms with Crippen molar-refractivity contribution in [3.63, 3.8) is 0 Å². The number of nitrogens with one attached hydrogen (secondary N) is 1. The molecule has 21 heavy (non-hydrogen) atoms. The molecule has 3 aliphatic rings. The van der Waals surface area contributed by atoms with Gasteiger partial charge in [-0.25, -0.2) is 0 Å². The maximum atomic E-state index is 12.4. The molecule has 0 radical (unpaired) electrons. The number of likely N-dealkylation sites (tertiary alicyclic amines) is 1. The number of piperidine rings is 1. The van der Waals surface area contributed by atoms with Crippen LogP contribution in [0, 0.1) is 5.92 Å². The Kier molecular flexibility index (Phi) is 5.49. The van der Waals surface area contributed by atoms with Gasteiger partial charge in [0.2, 0.25) is 5.91 Å². The molecule has 1 amide bonds. The van der Waals surface area contributed by atoms with Gasteiger partial charge in [-0.05, 0) is 38.1 Å². The summed E-state index contributed by atoms with van der Waals surface area (Å²) in [7, 11) is 0. The van der Waals surface area contributed by atoms with Gasteiger partial charge < -0.3 is 15.0 Å². The van der Waals surface area contributed by atoms with Crippen LogP contribution >= 0.6 is 0 Å². The third-order valence-electron chi connectivity index (χ3n) is 5.08. The number of hydrogen-bond donors (Lipinski definition) is 1. The highest BCUT2D eigenvalue weighted by Crippen LogP contribution is 2.20. The third kappa shape index (κ3) is 4.41. The molecule has 5 nitrogen and oxygen atoms in total. The largest absolute Gasteiger partial charge is 0.379 e. The molecule has 0 aromatic rings. The lowest BCUT2D eigenvalue weighted by Gasteiger charge is -2.37. The maximum Gasteiger partial charge on any atom is 0.224 e. The minimum absolute atomic E-state index is 0.362. The van der Waals surface area contributed by atoms with Gasteiger partial charge in [-0.2, -0.15) is 0 Å². The fourth-order valence-electron chi connectivity index (χ4n) is 3.86. The molecule has 1 N–H and O–H groups in total. The van der Waals surface area contributed by atoms with E-state index >= 15 is 0 Å². The predicted molar refractivity (Wildman–Crippen MR) is 82.2 cm³/mol. The Morgan fingerprint density at radius 1 is 1.14 bits per heavy atom. The van der Waals surface area contributed by atoms with Crippen LogP contribution in [0.2, 0.25) is 0 Å². The van der Waals surface area contributed by atoms with Crippen LogP contribution in [-0.2, 0) is 9.53 Å². The maximum absolute atomic E-state index is 12.4. The van der Waals surface area contributed by atoms with Gasteiger partial charge in [0.05, 0.1) is 13.2 Å². The second-order valence-electron chi connectivity index (χ2n) is 6.76. The summed E-state index contributed by atoms with van der Waals surface area (Å²) < 4.78 is 5.41. The molecule has 0 saturated carbocycles. The van der Waals surface area contributed by atoms with Gasteiger partial charge in [0.1, 0.15) is 0 Å². The van der Waals surface area contributed by atoms with Gasteiger partial charge >= 0.3 is 0 Å². The van der Waals surface area contributed by atoms with E-state index in [9.17, 15) is 4.79 Å².